The number of nitrogens with one attached hydrogen (secondary N) is 2. The molecule has 28 heavy (non-hydrogen) atoms. The first-order valence-corrected chi connectivity index (χ1v) is 9.72. The third kappa shape index (κ3) is 5.33. The van der Waals surface area contributed by atoms with Crippen molar-refractivity contribution in [2.24, 2.45) is 0 Å². The van der Waals surface area contributed by atoms with E-state index in [1.54, 1.807) is 17.0 Å². The molecule has 1 aliphatic rings. The second-order valence-corrected chi connectivity index (χ2v) is 6.78. The Hall–Kier alpha value is -2.86. The summed E-state index contributed by atoms with van der Waals surface area (Å²) in [4.78, 5) is 26.7. The van der Waals surface area contributed by atoms with Crippen molar-refractivity contribution in [1.82, 2.24) is 10.2 Å². The maximum Gasteiger partial charge on any atom is 0.254 e. The predicted molar refractivity (Wildman–Crippen MR) is 109 cm³/mol. The number of carbonyl (C=O) groups is 2. The zero-order valence-electron chi connectivity index (χ0n) is 16.2. The number of carbonyl (C=O) groups excluding carboxylic acids is 2. The summed E-state index contributed by atoms with van der Waals surface area (Å²) in [6.45, 7) is 4.56. The molecule has 2 amide bonds. The van der Waals surface area contributed by atoms with Crippen LogP contribution < -0.4 is 10.6 Å². The Balaban J connectivity index is 1.55. The van der Waals surface area contributed by atoms with Gasteiger partial charge in [-0.2, -0.15) is 0 Å². The molecule has 1 heterocycles. The molecule has 0 aromatic heterocycles. The van der Waals surface area contributed by atoms with Crippen molar-refractivity contribution >= 4 is 17.5 Å². The van der Waals surface area contributed by atoms with Gasteiger partial charge in [-0.05, 0) is 30.2 Å². The first-order chi connectivity index (χ1) is 13.7. The Morgan fingerprint density at radius 2 is 1.82 bits per heavy atom. The van der Waals surface area contributed by atoms with Gasteiger partial charge >= 0.3 is 0 Å². The quantitative estimate of drug-likeness (QED) is 0.774. The SMILES string of the molecule is CCC(NC(=O)CNc1cccc(C(=O)N2CCOCC2)c1)c1ccccc1. The standard InChI is InChI=1S/C22H27N3O3/c1-2-20(17-7-4-3-5-8-17)24-21(26)16-23-19-10-6-9-18(15-19)22(27)25-11-13-28-14-12-25/h3-10,15,20,23H,2,11-14,16H2,1H3,(H,24,26). The summed E-state index contributed by atoms with van der Waals surface area (Å²) in [7, 11) is 0. The average Bonchev–Trinajstić information content (AvgIpc) is 2.77. The van der Waals surface area contributed by atoms with Crippen LogP contribution >= 0.6 is 0 Å². The van der Waals surface area contributed by atoms with Crippen LogP contribution in [0, 0.1) is 0 Å². The number of ether oxygens (including phenoxy) is 1. The number of hydrogen-bond acceptors (Lipinski definition) is 4. The van der Waals surface area contributed by atoms with Gasteiger partial charge < -0.3 is 20.3 Å². The van der Waals surface area contributed by atoms with Gasteiger partial charge in [-0.1, -0.05) is 43.3 Å². The minimum atomic E-state index is -0.0828. The van der Waals surface area contributed by atoms with E-state index in [9.17, 15) is 9.59 Å². The zero-order valence-corrected chi connectivity index (χ0v) is 16.2. The van der Waals surface area contributed by atoms with Crippen LogP contribution in [0.3, 0.4) is 0 Å². The first kappa shape index (κ1) is 19.9. The van der Waals surface area contributed by atoms with Crippen LogP contribution in [0.5, 0.6) is 0 Å². The summed E-state index contributed by atoms with van der Waals surface area (Å²) >= 11 is 0. The smallest absolute Gasteiger partial charge is 0.254 e. The Labute approximate surface area is 165 Å². The molecule has 0 spiro atoms. The highest BCUT2D eigenvalue weighted by molar-refractivity contribution is 5.95. The lowest BCUT2D eigenvalue weighted by atomic mass is 10.0. The van der Waals surface area contributed by atoms with Crippen molar-refractivity contribution in [2.75, 3.05) is 38.2 Å². The van der Waals surface area contributed by atoms with E-state index in [1.807, 2.05) is 49.4 Å². The minimum Gasteiger partial charge on any atom is -0.378 e. The van der Waals surface area contributed by atoms with E-state index in [2.05, 4.69) is 10.6 Å². The van der Waals surface area contributed by atoms with Crippen LogP contribution in [0.2, 0.25) is 0 Å². The van der Waals surface area contributed by atoms with Gasteiger partial charge in [0, 0.05) is 24.3 Å². The summed E-state index contributed by atoms with van der Waals surface area (Å²) in [6.07, 6.45) is 0.819. The topological polar surface area (TPSA) is 70.7 Å². The molecular formula is C22H27N3O3. The fourth-order valence-electron chi connectivity index (χ4n) is 3.25. The molecule has 1 fully saturated rings. The van der Waals surface area contributed by atoms with Crippen molar-refractivity contribution in [3.8, 4) is 0 Å². The number of anilines is 1. The molecule has 148 valence electrons. The van der Waals surface area contributed by atoms with E-state index in [4.69, 9.17) is 4.74 Å². The summed E-state index contributed by atoms with van der Waals surface area (Å²) in [5.74, 6) is -0.0906. The van der Waals surface area contributed by atoms with Crippen molar-refractivity contribution < 1.29 is 14.3 Å². The molecule has 1 saturated heterocycles. The molecule has 6 heteroatoms. The first-order valence-electron chi connectivity index (χ1n) is 9.72. The number of rotatable bonds is 7. The summed E-state index contributed by atoms with van der Waals surface area (Å²) in [5, 5.41) is 6.17. The predicted octanol–water partition coefficient (Wildman–Crippen LogP) is 2.84. The molecule has 6 nitrogen and oxygen atoms in total. The van der Waals surface area contributed by atoms with E-state index in [0.29, 0.717) is 31.9 Å². The minimum absolute atomic E-state index is 0.00785. The molecule has 1 unspecified atom stereocenters. The lowest BCUT2D eigenvalue weighted by molar-refractivity contribution is -0.120. The Kier molecular flexibility index (Phi) is 7.03. The summed E-state index contributed by atoms with van der Waals surface area (Å²) in [6, 6.07) is 17.2. The summed E-state index contributed by atoms with van der Waals surface area (Å²) in [5.41, 5.74) is 2.46. The monoisotopic (exact) mass is 381 g/mol. The second-order valence-electron chi connectivity index (χ2n) is 6.78. The lowest BCUT2D eigenvalue weighted by Crippen LogP contribution is -2.40. The zero-order chi connectivity index (χ0) is 19.8. The number of benzene rings is 2. The number of nitrogens with zero attached hydrogens (tertiary/aromatic N) is 1. The van der Waals surface area contributed by atoms with E-state index in [1.165, 1.54) is 0 Å². The van der Waals surface area contributed by atoms with Gasteiger partial charge in [0.2, 0.25) is 5.91 Å². The third-order valence-corrected chi connectivity index (χ3v) is 4.81. The van der Waals surface area contributed by atoms with Crippen LogP contribution in [-0.4, -0.2) is 49.6 Å². The third-order valence-electron chi connectivity index (χ3n) is 4.81. The molecule has 3 rings (SSSR count). The molecule has 0 bridgehead atoms. The van der Waals surface area contributed by atoms with Crippen LogP contribution in [0.4, 0.5) is 5.69 Å². The van der Waals surface area contributed by atoms with Gasteiger partial charge in [-0.15, -0.1) is 0 Å². The fraction of sp³-hybridized carbons (Fsp3) is 0.364. The van der Waals surface area contributed by atoms with Gasteiger partial charge in [0.05, 0.1) is 25.8 Å². The number of hydrogen-bond donors (Lipinski definition) is 2. The molecule has 0 saturated carbocycles. The number of morpholine rings is 1. The fourth-order valence-corrected chi connectivity index (χ4v) is 3.25. The number of amides is 2. The molecule has 2 aromatic carbocycles. The van der Waals surface area contributed by atoms with Crippen LogP contribution in [-0.2, 0) is 9.53 Å². The van der Waals surface area contributed by atoms with E-state index in [0.717, 1.165) is 17.7 Å². The van der Waals surface area contributed by atoms with Gasteiger partial charge in [0.25, 0.3) is 5.91 Å². The average molecular weight is 381 g/mol. The Morgan fingerprint density at radius 3 is 2.54 bits per heavy atom. The maximum atomic E-state index is 12.6. The molecule has 0 radical (unpaired) electrons. The molecule has 2 N–H and O–H groups in total. The highest BCUT2D eigenvalue weighted by atomic mass is 16.5. The molecule has 1 aliphatic heterocycles. The van der Waals surface area contributed by atoms with E-state index < -0.39 is 0 Å². The largest absolute Gasteiger partial charge is 0.378 e. The van der Waals surface area contributed by atoms with E-state index in [-0.39, 0.29) is 24.4 Å². The van der Waals surface area contributed by atoms with Gasteiger partial charge in [-0.3, -0.25) is 9.59 Å². The van der Waals surface area contributed by atoms with Crippen molar-refractivity contribution in [2.45, 2.75) is 19.4 Å². The van der Waals surface area contributed by atoms with Crippen molar-refractivity contribution in [3.63, 3.8) is 0 Å². The molecule has 2 aromatic rings. The normalized spacial score (nSPS) is 15.0. The second kappa shape index (κ2) is 9.90. The highest BCUT2D eigenvalue weighted by Gasteiger charge is 2.18. The highest BCUT2D eigenvalue weighted by Crippen LogP contribution is 2.16. The Morgan fingerprint density at radius 1 is 1.07 bits per heavy atom. The van der Waals surface area contributed by atoms with Gasteiger partial charge in [0.15, 0.2) is 0 Å². The van der Waals surface area contributed by atoms with Crippen LogP contribution in [0.15, 0.2) is 54.6 Å². The van der Waals surface area contributed by atoms with Crippen molar-refractivity contribution in [3.05, 3.63) is 65.7 Å². The molecular weight excluding hydrogens is 354 g/mol. The molecule has 1 atom stereocenters. The van der Waals surface area contributed by atoms with Crippen molar-refractivity contribution in [1.29, 1.82) is 0 Å². The van der Waals surface area contributed by atoms with Gasteiger partial charge in [0.1, 0.15) is 0 Å². The van der Waals surface area contributed by atoms with Crippen LogP contribution in [0.25, 0.3) is 0 Å². The van der Waals surface area contributed by atoms with Gasteiger partial charge in [-0.25, -0.2) is 0 Å². The molecule has 0 aliphatic carbocycles. The van der Waals surface area contributed by atoms with E-state index >= 15 is 0 Å². The maximum absolute atomic E-state index is 12.6. The Bertz CT molecular complexity index is 789. The van der Waals surface area contributed by atoms with Crippen LogP contribution in [0.1, 0.15) is 35.3 Å². The lowest BCUT2D eigenvalue weighted by Gasteiger charge is -2.27. The summed E-state index contributed by atoms with van der Waals surface area (Å²) < 4.78 is 5.30.